The van der Waals surface area contributed by atoms with Crippen molar-refractivity contribution in [2.75, 3.05) is 17.3 Å². The Morgan fingerprint density at radius 2 is 1.82 bits per heavy atom. The number of amides is 1. The lowest BCUT2D eigenvalue weighted by molar-refractivity contribution is -0.117. The first kappa shape index (κ1) is 14.3. The van der Waals surface area contributed by atoms with Gasteiger partial charge < -0.3 is 10.2 Å². The molecule has 1 aliphatic heterocycles. The SMILES string of the molecule is Cc1ccc(C(=O)CC2C(=O)Nc3ccccc3N2C)cc1. The minimum atomic E-state index is -0.483. The van der Waals surface area contributed by atoms with Gasteiger partial charge in [0.05, 0.1) is 11.4 Å². The summed E-state index contributed by atoms with van der Waals surface area (Å²) in [6, 6.07) is 14.6. The molecule has 0 radical (unpaired) electrons. The van der Waals surface area contributed by atoms with Crippen LogP contribution in [0.5, 0.6) is 0 Å². The summed E-state index contributed by atoms with van der Waals surface area (Å²) in [7, 11) is 1.85. The molecule has 0 bridgehead atoms. The van der Waals surface area contributed by atoms with Gasteiger partial charge in [0.25, 0.3) is 0 Å². The Morgan fingerprint density at radius 3 is 2.55 bits per heavy atom. The number of fused-ring (bicyclic) bond motifs is 1. The smallest absolute Gasteiger partial charge is 0.247 e. The molecule has 0 aliphatic carbocycles. The second-order valence-corrected chi connectivity index (χ2v) is 5.63. The van der Waals surface area contributed by atoms with Crippen molar-refractivity contribution in [1.82, 2.24) is 0 Å². The van der Waals surface area contributed by atoms with E-state index in [1.165, 1.54) is 0 Å². The first-order chi connectivity index (χ1) is 10.6. The van der Waals surface area contributed by atoms with Crippen LogP contribution in [0, 0.1) is 6.92 Å². The van der Waals surface area contributed by atoms with Crippen LogP contribution < -0.4 is 10.2 Å². The van der Waals surface area contributed by atoms with Crippen LogP contribution in [-0.2, 0) is 4.79 Å². The van der Waals surface area contributed by atoms with Gasteiger partial charge in [-0.05, 0) is 19.1 Å². The minimum absolute atomic E-state index is 0.0219. The molecule has 1 atom stereocenters. The third-order valence-corrected chi connectivity index (χ3v) is 4.06. The highest BCUT2D eigenvalue weighted by atomic mass is 16.2. The zero-order chi connectivity index (χ0) is 15.7. The fourth-order valence-corrected chi connectivity index (χ4v) is 2.71. The van der Waals surface area contributed by atoms with Crippen molar-refractivity contribution in [3.05, 3.63) is 59.7 Å². The number of Topliss-reactive ketones (excluding diaryl/α,β-unsaturated/α-hetero) is 1. The summed E-state index contributed by atoms with van der Waals surface area (Å²) in [6.07, 6.45) is 0.166. The van der Waals surface area contributed by atoms with Crippen LogP contribution in [0.15, 0.2) is 48.5 Å². The summed E-state index contributed by atoms with van der Waals surface area (Å²) in [6.45, 7) is 1.98. The standard InChI is InChI=1S/C18H18N2O2/c1-12-7-9-13(10-8-12)17(21)11-16-18(22)19-14-5-3-4-6-15(14)20(16)2/h3-10,16H,11H2,1-2H3,(H,19,22). The molecule has 4 nitrogen and oxygen atoms in total. The average Bonchev–Trinajstić information content (AvgIpc) is 2.52. The highest BCUT2D eigenvalue weighted by Crippen LogP contribution is 2.31. The van der Waals surface area contributed by atoms with Crippen LogP contribution >= 0.6 is 0 Å². The van der Waals surface area contributed by atoms with E-state index in [9.17, 15) is 9.59 Å². The number of hydrogen-bond donors (Lipinski definition) is 1. The van der Waals surface area contributed by atoms with Gasteiger partial charge in [-0.15, -0.1) is 0 Å². The Morgan fingerprint density at radius 1 is 1.14 bits per heavy atom. The van der Waals surface area contributed by atoms with Crippen molar-refractivity contribution >= 4 is 23.1 Å². The number of ketones is 1. The molecule has 2 aromatic rings. The van der Waals surface area contributed by atoms with E-state index in [0.717, 1.165) is 16.9 Å². The van der Waals surface area contributed by atoms with E-state index in [1.807, 2.05) is 67.4 Å². The summed E-state index contributed by atoms with van der Waals surface area (Å²) in [4.78, 5) is 26.6. The normalized spacial score (nSPS) is 16.9. The van der Waals surface area contributed by atoms with E-state index in [-0.39, 0.29) is 18.1 Å². The predicted molar refractivity (Wildman–Crippen MR) is 87.4 cm³/mol. The summed E-state index contributed by atoms with van der Waals surface area (Å²) >= 11 is 0. The van der Waals surface area contributed by atoms with Gasteiger partial charge in [0.15, 0.2) is 5.78 Å². The lowest BCUT2D eigenvalue weighted by Crippen LogP contribution is -2.47. The van der Waals surface area contributed by atoms with Gasteiger partial charge in [-0.25, -0.2) is 0 Å². The summed E-state index contributed by atoms with van der Waals surface area (Å²) in [5.41, 5.74) is 3.47. The first-order valence-electron chi connectivity index (χ1n) is 7.29. The van der Waals surface area contributed by atoms with Gasteiger partial charge in [0.1, 0.15) is 6.04 Å². The quantitative estimate of drug-likeness (QED) is 0.885. The first-order valence-corrected chi connectivity index (χ1v) is 7.29. The number of carbonyl (C=O) groups is 2. The van der Waals surface area contributed by atoms with Crippen molar-refractivity contribution in [3.8, 4) is 0 Å². The molecule has 3 rings (SSSR count). The number of likely N-dealkylation sites (N-methyl/N-ethyl adjacent to an activating group) is 1. The van der Waals surface area contributed by atoms with Gasteiger partial charge in [-0.3, -0.25) is 9.59 Å². The van der Waals surface area contributed by atoms with E-state index < -0.39 is 6.04 Å². The monoisotopic (exact) mass is 294 g/mol. The van der Waals surface area contributed by atoms with E-state index in [1.54, 1.807) is 0 Å². The van der Waals surface area contributed by atoms with E-state index in [4.69, 9.17) is 0 Å². The number of rotatable bonds is 3. The Hall–Kier alpha value is -2.62. The van der Waals surface area contributed by atoms with Crippen molar-refractivity contribution < 1.29 is 9.59 Å². The van der Waals surface area contributed by atoms with Crippen molar-refractivity contribution in [2.45, 2.75) is 19.4 Å². The molecule has 1 unspecified atom stereocenters. The van der Waals surface area contributed by atoms with E-state index in [2.05, 4.69) is 5.32 Å². The van der Waals surface area contributed by atoms with Gasteiger partial charge in [-0.2, -0.15) is 0 Å². The second kappa shape index (κ2) is 5.64. The third-order valence-electron chi connectivity index (χ3n) is 4.06. The molecule has 0 fully saturated rings. The molecule has 2 aromatic carbocycles. The maximum atomic E-state index is 12.4. The predicted octanol–water partition coefficient (Wildman–Crippen LogP) is 3.02. The van der Waals surface area contributed by atoms with Crippen molar-refractivity contribution in [2.24, 2.45) is 0 Å². The van der Waals surface area contributed by atoms with Crippen LogP contribution in [0.3, 0.4) is 0 Å². The number of nitrogens with one attached hydrogen (secondary N) is 1. The third kappa shape index (κ3) is 2.60. The number of benzene rings is 2. The summed E-state index contributed by atoms with van der Waals surface area (Å²) < 4.78 is 0. The number of carbonyl (C=O) groups excluding carboxylic acids is 2. The fourth-order valence-electron chi connectivity index (χ4n) is 2.71. The van der Waals surface area contributed by atoms with Crippen molar-refractivity contribution in [1.29, 1.82) is 0 Å². The van der Waals surface area contributed by atoms with E-state index >= 15 is 0 Å². The topological polar surface area (TPSA) is 49.4 Å². The lowest BCUT2D eigenvalue weighted by Gasteiger charge is -2.34. The lowest BCUT2D eigenvalue weighted by atomic mass is 9.99. The van der Waals surface area contributed by atoms with Crippen LogP contribution in [0.1, 0.15) is 22.3 Å². The van der Waals surface area contributed by atoms with E-state index in [0.29, 0.717) is 5.56 Å². The fraction of sp³-hybridized carbons (Fsp3) is 0.222. The number of para-hydroxylation sites is 2. The van der Waals surface area contributed by atoms with Gasteiger partial charge in [-0.1, -0.05) is 42.0 Å². The number of aryl methyl sites for hydroxylation is 1. The molecular weight excluding hydrogens is 276 g/mol. The second-order valence-electron chi connectivity index (χ2n) is 5.63. The van der Waals surface area contributed by atoms with Crippen molar-refractivity contribution in [3.63, 3.8) is 0 Å². The summed E-state index contributed by atoms with van der Waals surface area (Å²) in [5.74, 6) is -0.159. The summed E-state index contributed by atoms with van der Waals surface area (Å²) in [5, 5.41) is 2.87. The molecule has 1 amide bonds. The highest BCUT2D eigenvalue weighted by molar-refractivity contribution is 6.07. The molecule has 112 valence electrons. The molecule has 1 aliphatic rings. The molecule has 0 saturated carbocycles. The Balaban J connectivity index is 1.82. The molecular formula is C18H18N2O2. The maximum Gasteiger partial charge on any atom is 0.247 e. The average molecular weight is 294 g/mol. The largest absolute Gasteiger partial charge is 0.361 e. The molecule has 0 spiro atoms. The molecule has 0 aromatic heterocycles. The van der Waals surface area contributed by atoms with Gasteiger partial charge in [0.2, 0.25) is 5.91 Å². The molecule has 4 heteroatoms. The highest BCUT2D eigenvalue weighted by Gasteiger charge is 2.32. The molecule has 22 heavy (non-hydrogen) atoms. The molecule has 0 saturated heterocycles. The number of anilines is 2. The molecule has 1 N–H and O–H groups in total. The number of nitrogens with zero attached hydrogens (tertiary/aromatic N) is 1. The van der Waals surface area contributed by atoms with Gasteiger partial charge >= 0.3 is 0 Å². The van der Waals surface area contributed by atoms with Crippen LogP contribution in [0.2, 0.25) is 0 Å². The van der Waals surface area contributed by atoms with Crippen LogP contribution in [-0.4, -0.2) is 24.8 Å². The minimum Gasteiger partial charge on any atom is -0.361 e. The van der Waals surface area contributed by atoms with Gasteiger partial charge in [0, 0.05) is 19.0 Å². The Kier molecular flexibility index (Phi) is 3.67. The van der Waals surface area contributed by atoms with Crippen LogP contribution in [0.25, 0.3) is 0 Å². The maximum absolute atomic E-state index is 12.4. The number of hydrogen-bond acceptors (Lipinski definition) is 3. The molecule has 1 heterocycles. The zero-order valence-corrected chi connectivity index (χ0v) is 12.7. The Labute approximate surface area is 129 Å². The Bertz CT molecular complexity index is 722. The van der Waals surface area contributed by atoms with Crippen LogP contribution in [0.4, 0.5) is 11.4 Å². The zero-order valence-electron chi connectivity index (χ0n) is 12.7.